The summed E-state index contributed by atoms with van der Waals surface area (Å²) in [5, 5.41) is 4.31. The van der Waals surface area contributed by atoms with Crippen LogP contribution >= 0.6 is 23.1 Å². The topological polar surface area (TPSA) is 64.0 Å². The maximum Gasteiger partial charge on any atom is 0.263 e. The van der Waals surface area contributed by atoms with Gasteiger partial charge in [-0.3, -0.25) is 14.2 Å². The van der Waals surface area contributed by atoms with Gasteiger partial charge in [-0.05, 0) is 56.9 Å². The van der Waals surface area contributed by atoms with Crippen molar-refractivity contribution >= 4 is 44.9 Å². The van der Waals surface area contributed by atoms with Crippen LogP contribution in [0, 0.1) is 27.7 Å². The molecule has 0 unspecified atom stereocenters. The van der Waals surface area contributed by atoms with E-state index in [2.05, 4.69) is 12.2 Å². The van der Waals surface area contributed by atoms with Gasteiger partial charge in [-0.25, -0.2) is 4.98 Å². The normalized spacial score (nSPS) is 11.2. The summed E-state index contributed by atoms with van der Waals surface area (Å²) in [5.74, 6) is 0.111. The van der Waals surface area contributed by atoms with Crippen molar-refractivity contribution in [3.8, 4) is 0 Å². The van der Waals surface area contributed by atoms with Crippen LogP contribution in [0.4, 0.5) is 5.69 Å². The van der Waals surface area contributed by atoms with Crippen LogP contribution in [-0.4, -0.2) is 21.2 Å². The van der Waals surface area contributed by atoms with Gasteiger partial charge in [0.05, 0.1) is 11.1 Å². The van der Waals surface area contributed by atoms with Crippen molar-refractivity contribution in [3.63, 3.8) is 0 Å². The molecule has 3 rings (SSSR count). The van der Waals surface area contributed by atoms with Gasteiger partial charge in [-0.15, -0.1) is 11.3 Å². The van der Waals surface area contributed by atoms with Gasteiger partial charge in [0.2, 0.25) is 5.91 Å². The van der Waals surface area contributed by atoms with Crippen molar-refractivity contribution in [2.75, 3.05) is 11.1 Å². The van der Waals surface area contributed by atoms with E-state index in [-0.39, 0.29) is 17.2 Å². The zero-order chi connectivity index (χ0) is 21.1. The van der Waals surface area contributed by atoms with E-state index < -0.39 is 0 Å². The Bertz CT molecular complexity index is 1120. The molecule has 1 amide bonds. The van der Waals surface area contributed by atoms with E-state index in [1.54, 1.807) is 15.9 Å². The molecule has 0 aliphatic carbocycles. The van der Waals surface area contributed by atoms with Gasteiger partial charge in [-0.2, -0.15) is 0 Å². The molecule has 3 aromatic rings. The van der Waals surface area contributed by atoms with Gasteiger partial charge >= 0.3 is 0 Å². The number of carbonyl (C=O) groups is 1. The lowest BCUT2D eigenvalue weighted by Gasteiger charge is -2.13. The summed E-state index contributed by atoms with van der Waals surface area (Å²) >= 11 is 2.87. The first-order valence-corrected chi connectivity index (χ1v) is 11.6. The van der Waals surface area contributed by atoms with E-state index in [0.717, 1.165) is 44.9 Å². The number of aryl methyl sites for hydroxylation is 3. The molecule has 0 aliphatic rings. The highest BCUT2D eigenvalue weighted by molar-refractivity contribution is 7.99. The predicted molar refractivity (Wildman–Crippen MR) is 124 cm³/mol. The maximum absolute atomic E-state index is 13.1. The molecule has 0 radical (unpaired) electrons. The number of thiophene rings is 1. The van der Waals surface area contributed by atoms with Crippen molar-refractivity contribution in [1.29, 1.82) is 0 Å². The highest BCUT2D eigenvalue weighted by atomic mass is 32.2. The molecule has 7 heteroatoms. The summed E-state index contributed by atoms with van der Waals surface area (Å²) in [6.07, 6.45) is 1.89. The standard InChI is InChI=1S/C22H27N3O2S2/c1-6-7-11-25-21(27)19-15(4)16(5)29-20(19)24-22(25)28-12-18(26)23-17-10-8-9-13(2)14(17)3/h8-10H,6-7,11-12H2,1-5H3,(H,23,26). The van der Waals surface area contributed by atoms with Crippen molar-refractivity contribution in [2.45, 2.75) is 59.2 Å². The molecule has 0 atom stereocenters. The Morgan fingerprint density at radius 2 is 1.97 bits per heavy atom. The first kappa shape index (κ1) is 21.6. The van der Waals surface area contributed by atoms with Crippen LogP contribution in [0.15, 0.2) is 28.2 Å². The molecule has 0 spiro atoms. The van der Waals surface area contributed by atoms with Crippen molar-refractivity contribution in [2.24, 2.45) is 0 Å². The third-order valence-electron chi connectivity index (χ3n) is 5.20. The van der Waals surface area contributed by atoms with E-state index in [4.69, 9.17) is 4.98 Å². The molecule has 2 heterocycles. The lowest BCUT2D eigenvalue weighted by atomic mass is 10.1. The lowest BCUT2D eigenvalue weighted by Crippen LogP contribution is -2.24. The molecule has 0 saturated heterocycles. The average molecular weight is 430 g/mol. The van der Waals surface area contributed by atoms with Crippen LogP contribution in [-0.2, 0) is 11.3 Å². The van der Waals surface area contributed by atoms with Gasteiger partial charge in [0.1, 0.15) is 4.83 Å². The summed E-state index contributed by atoms with van der Waals surface area (Å²) < 4.78 is 1.74. The lowest BCUT2D eigenvalue weighted by molar-refractivity contribution is -0.113. The molecule has 0 bridgehead atoms. The van der Waals surface area contributed by atoms with E-state index in [9.17, 15) is 9.59 Å². The summed E-state index contributed by atoms with van der Waals surface area (Å²) in [7, 11) is 0. The minimum atomic E-state index is -0.0985. The number of rotatable bonds is 7. The third kappa shape index (κ3) is 4.56. The molecule has 0 saturated carbocycles. The Morgan fingerprint density at radius 1 is 1.21 bits per heavy atom. The highest BCUT2D eigenvalue weighted by Crippen LogP contribution is 2.28. The third-order valence-corrected chi connectivity index (χ3v) is 7.28. The fourth-order valence-electron chi connectivity index (χ4n) is 3.14. The van der Waals surface area contributed by atoms with Crippen LogP contribution in [0.5, 0.6) is 0 Å². The second-order valence-electron chi connectivity index (χ2n) is 7.25. The van der Waals surface area contributed by atoms with Gasteiger partial charge in [0.25, 0.3) is 5.56 Å². The molecule has 1 aromatic carbocycles. The van der Waals surface area contributed by atoms with Crippen LogP contribution in [0.1, 0.15) is 41.3 Å². The number of carbonyl (C=O) groups excluding carboxylic acids is 1. The smallest absolute Gasteiger partial charge is 0.263 e. The minimum Gasteiger partial charge on any atom is -0.325 e. The maximum atomic E-state index is 13.1. The number of hydrogen-bond acceptors (Lipinski definition) is 5. The molecule has 2 aromatic heterocycles. The number of anilines is 1. The summed E-state index contributed by atoms with van der Waals surface area (Å²) in [6, 6.07) is 5.87. The average Bonchev–Trinajstić information content (AvgIpc) is 2.97. The largest absolute Gasteiger partial charge is 0.325 e. The van der Waals surface area contributed by atoms with Gasteiger partial charge < -0.3 is 5.32 Å². The summed E-state index contributed by atoms with van der Waals surface area (Å²) in [6.45, 7) is 10.7. The molecular formula is C22H27N3O2S2. The number of nitrogens with one attached hydrogen (secondary N) is 1. The van der Waals surface area contributed by atoms with Crippen LogP contribution < -0.4 is 10.9 Å². The highest BCUT2D eigenvalue weighted by Gasteiger charge is 2.17. The van der Waals surface area contributed by atoms with E-state index in [1.807, 2.05) is 45.9 Å². The molecule has 1 N–H and O–H groups in total. The number of thioether (sulfide) groups is 1. The SMILES string of the molecule is CCCCn1c(SCC(=O)Nc2cccc(C)c2C)nc2sc(C)c(C)c2c1=O. The minimum absolute atomic E-state index is 0.00253. The molecule has 5 nitrogen and oxygen atoms in total. The zero-order valence-corrected chi connectivity index (χ0v) is 19.2. The molecule has 154 valence electrons. The second kappa shape index (κ2) is 9.13. The van der Waals surface area contributed by atoms with Gasteiger partial charge in [-0.1, -0.05) is 37.2 Å². The number of nitrogens with zero attached hydrogens (tertiary/aromatic N) is 2. The Balaban J connectivity index is 1.85. The first-order valence-electron chi connectivity index (χ1n) is 9.82. The fourth-order valence-corrected chi connectivity index (χ4v) is 5.03. The van der Waals surface area contributed by atoms with Crippen LogP contribution in [0.25, 0.3) is 10.2 Å². The summed E-state index contributed by atoms with van der Waals surface area (Å²) in [5.41, 5.74) is 4.04. The van der Waals surface area contributed by atoms with Crippen LogP contribution in [0.2, 0.25) is 0 Å². The predicted octanol–water partition coefficient (Wildman–Crippen LogP) is 5.22. The Kier molecular flexibility index (Phi) is 6.80. The zero-order valence-electron chi connectivity index (χ0n) is 17.6. The number of hydrogen-bond donors (Lipinski definition) is 1. The van der Waals surface area contributed by atoms with E-state index in [0.29, 0.717) is 17.1 Å². The Labute approximate surface area is 179 Å². The Morgan fingerprint density at radius 3 is 2.69 bits per heavy atom. The molecule has 29 heavy (non-hydrogen) atoms. The molecule has 0 fully saturated rings. The molecule has 0 aliphatic heterocycles. The number of benzene rings is 1. The number of fused-ring (bicyclic) bond motifs is 1. The summed E-state index contributed by atoms with van der Waals surface area (Å²) in [4.78, 5) is 32.3. The first-order chi connectivity index (χ1) is 13.8. The quantitative estimate of drug-likeness (QED) is 0.413. The second-order valence-corrected chi connectivity index (χ2v) is 9.40. The monoisotopic (exact) mass is 429 g/mol. The number of unbranched alkanes of at least 4 members (excludes halogenated alkanes) is 1. The van der Waals surface area contributed by atoms with Crippen molar-refractivity contribution in [3.05, 3.63) is 50.1 Å². The fraction of sp³-hybridized carbons (Fsp3) is 0.409. The molecular weight excluding hydrogens is 402 g/mol. The van der Waals surface area contributed by atoms with Gasteiger partial charge in [0.15, 0.2) is 5.16 Å². The number of amides is 1. The van der Waals surface area contributed by atoms with Crippen LogP contribution in [0.3, 0.4) is 0 Å². The van der Waals surface area contributed by atoms with Crippen molar-refractivity contribution in [1.82, 2.24) is 9.55 Å². The van der Waals surface area contributed by atoms with Crippen molar-refractivity contribution < 1.29 is 4.79 Å². The number of aromatic nitrogens is 2. The van der Waals surface area contributed by atoms with E-state index >= 15 is 0 Å². The Hall–Kier alpha value is -2.12. The van der Waals surface area contributed by atoms with E-state index in [1.165, 1.54) is 11.8 Å². The van der Waals surface area contributed by atoms with Gasteiger partial charge in [0, 0.05) is 17.1 Å².